The Kier molecular flexibility index (Phi) is 5.02. The molecule has 4 rings (SSSR count). The van der Waals surface area contributed by atoms with Crippen LogP contribution < -0.4 is 4.74 Å². The Morgan fingerprint density at radius 3 is 2.38 bits per heavy atom. The number of aromatic carboxylic acids is 1. The molecule has 156 valence electrons. The van der Waals surface area contributed by atoms with E-state index < -0.39 is 23.6 Å². The SMILES string of the molecule is CC1(C)OC[C@H]([C@H]2OC(C)(C)O[C@@H]2COc2cc3ccccc3cc2C(=O)O)O1. The van der Waals surface area contributed by atoms with E-state index in [9.17, 15) is 9.90 Å². The number of fused-ring (bicyclic) bond motifs is 1. The van der Waals surface area contributed by atoms with Crippen LogP contribution in [0.3, 0.4) is 0 Å². The molecular weight excluding hydrogens is 376 g/mol. The Morgan fingerprint density at radius 1 is 1.07 bits per heavy atom. The van der Waals surface area contributed by atoms with Crippen LogP contribution in [0, 0.1) is 0 Å². The highest BCUT2D eigenvalue weighted by atomic mass is 16.8. The summed E-state index contributed by atoms with van der Waals surface area (Å²) in [7, 11) is 0. The van der Waals surface area contributed by atoms with Crippen molar-refractivity contribution in [2.24, 2.45) is 0 Å². The number of rotatable bonds is 5. The van der Waals surface area contributed by atoms with E-state index in [1.165, 1.54) is 0 Å². The standard InChI is InChI=1S/C22H26O7/c1-21(2)26-12-18(27-21)19-17(28-22(3,4)29-19)11-25-16-10-14-8-6-5-7-13(14)9-15(16)20(23)24/h5-10,17-19H,11-12H2,1-4H3,(H,23,24)/t17-,18-,19+/m1/s1. The molecule has 0 aliphatic carbocycles. The molecule has 0 radical (unpaired) electrons. The van der Waals surface area contributed by atoms with Crippen molar-refractivity contribution in [2.75, 3.05) is 13.2 Å². The number of hydrogen-bond donors (Lipinski definition) is 1. The molecule has 7 heteroatoms. The zero-order valence-electron chi connectivity index (χ0n) is 17.0. The van der Waals surface area contributed by atoms with Gasteiger partial charge in [-0.2, -0.15) is 0 Å². The van der Waals surface area contributed by atoms with Gasteiger partial charge in [-0.15, -0.1) is 0 Å². The molecule has 2 heterocycles. The number of carboxylic acid groups (broad SMARTS) is 1. The summed E-state index contributed by atoms with van der Waals surface area (Å²) in [5.74, 6) is -2.22. The summed E-state index contributed by atoms with van der Waals surface area (Å²) in [5.41, 5.74) is 0.111. The molecule has 0 unspecified atom stereocenters. The highest BCUT2D eigenvalue weighted by Crippen LogP contribution is 2.36. The van der Waals surface area contributed by atoms with E-state index in [1.54, 1.807) is 12.1 Å². The van der Waals surface area contributed by atoms with Crippen molar-refractivity contribution in [3.63, 3.8) is 0 Å². The molecule has 3 atom stereocenters. The summed E-state index contributed by atoms with van der Waals surface area (Å²) >= 11 is 0. The predicted octanol–water partition coefficient (Wildman–Crippen LogP) is 3.59. The lowest BCUT2D eigenvalue weighted by Crippen LogP contribution is -2.41. The van der Waals surface area contributed by atoms with Crippen LogP contribution >= 0.6 is 0 Å². The lowest BCUT2D eigenvalue weighted by atomic mass is 10.1. The van der Waals surface area contributed by atoms with Gasteiger partial charge in [0.2, 0.25) is 0 Å². The Morgan fingerprint density at radius 2 is 1.76 bits per heavy atom. The quantitative estimate of drug-likeness (QED) is 0.818. The smallest absolute Gasteiger partial charge is 0.339 e. The van der Waals surface area contributed by atoms with Crippen molar-refractivity contribution in [3.8, 4) is 5.75 Å². The second-order valence-electron chi connectivity index (χ2n) is 8.32. The van der Waals surface area contributed by atoms with Crippen molar-refractivity contribution < 1.29 is 33.6 Å². The third-order valence-corrected chi connectivity index (χ3v) is 5.10. The summed E-state index contributed by atoms with van der Waals surface area (Å²) in [6.07, 6.45) is -1.11. The molecule has 0 saturated carbocycles. The van der Waals surface area contributed by atoms with Gasteiger partial charge < -0.3 is 28.8 Å². The molecule has 2 aromatic carbocycles. The minimum atomic E-state index is -1.04. The average molecular weight is 402 g/mol. The monoisotopic (exact) mass is 402 g/mol. The number of hydrogen-bond acceptors (Lipinski definition) is 6. The zero-order chi connectivity index (χ0) is 20.8. The van der Waals surface area contributed by atoms with Gasteiger partial charge >= 0.3 is 5.97 Å². The van der Waals surface area contributed by atoms with E-state index in [0.717, 1.165) is 10.8 Å². The van der Waals surface area contributed by atoms with E-state index in [0.29, 0.717) is 12.4 Å². The van der Waals surface area contributed by atoms with Crippen LogP contribution in [0.4, 0.5) is 0 Å². The molecule has 0 spiro atoms. The highest BCUT2D eigenvalue weighted by molar-refractivity contribution is 5.97. The molecule has 2 aliphatic heterocycles. The van der Waals surface area contributed by atoms with E-state index in [2.05, 4.69) is 0 Å². The summed E-state index contributed by atoms with van der Waals surface area (Å²) in [6.45, 7) is 7.90. The van der Waals surface area contributed by atoms with Gasteiger partial charge in [-0.1, -0.05) is 24.3 Å². The normalized spacial score (nSPS) is 27.9. The van der Waals surface area contributed by atoms with Crippen LogP contribution in [0.5, 0.6) is 5.75 Å². The predicted molar refractivity (Wildman–Crippen MR) is 105 cm³/mol. The second kappa shape index (κ2) is 7.25. The third-order valence-electron chi connectivity index (χ3n) is 5.10. The first kappa shape index (κ1) is 20.1. The van der Waals surface area contributed by atoms with E-state index in [1.807, 2.05) is 52.0 Å². The van der Waals surface area contributed by atoms with Crippen molar-refractivity contribution in [1.29, 1.82) is 0 Å². The van der Waals surface area contributed by atoms with Crippen LogP contribution in [0.1, 0.15) is 38.1 Å². The van der Waals surface area contributed by atoms with Gasteiger partial charge in [0.1, 0.15) is 36.2 Å². The second-order valence-corrected chi connectivity index (χ2v) is 8.32. The van der Waals surface area contributed by atoms with Crippen molar-refractivity contribution >= 4 is 16.7 Å². The molecule has 2 aromatic rings. The topological polar surface area (TPSA) is 83.5 Å². The number of benzene rings is 2. The largest absolute Gasteiger partial charge is 0.490 e. The summed E-state index contributed by atoms with van der Waals surface area (Å²) < 4.78 is 29.6. The molecule has 0 bridgehead atoms. The molecule has 2 fully saturated rings. The molecular formula is C22H26O7. The van der Waals surface area contributed by atoms with E-state index in [4.69, 9.17) is 23.7 Å². The fraction of sp³-hybridized carbons (Fsp3) is 0.500. The Balaban J connectivity index is 1.55. The van der Waals surface area contributed by atoms with Gasteiger partial charge in [0.25, 0.3) is 0 Å². The Bertz CT molecular complexity index is 921. The van der Waals surface area contributed by atoms with Crippen LogP contribution in [0.2, 0.25) is 0 Å². The summed E-state index contributed by atoms with van der Waals surface area (Å²) in [5, 5.41) is 11.4. The number of ether oxygens (including phenoxy) is 5. The average Bonchev–Trinajstić information content (AvgIpc) is 3.17. The van der Waals surface area contributed by atoms with Crippen LogP contribution in [0.15, 0.2) is 36.4 Å². The van der Waals surface area contributed by atoms with Crippen LogP contribution in [0.25, 0.3) is 10.8 Å². The van der Waals surface area contributed by atoms with Gasteiger partial charge in [-0.25, -0.2) is 4.79 Å². The summed E-state index contributed by atoms with van der Waals surface area (Å²) in [6, 6.07) is 10.9. The zero-order valence-corrected chi connectivity index (χ0v) is 17.0. The fourth-order valence-electron chi connectivity index (χ4n) is 3.86. The lowest BCUT2D eigenvalue weighted by molar-refractivity contribution is -0.174. The number of carbonyl (C=O) groups is 1. The van der Waals surface area contributed by atoms with E-state index >= 15 is 0 Å². The van der Waals surface area contributed by atoms with Gasteiger partial charge in [-0.05, 0) is 50.6 Å². The molecule has 7 nitrogen and oxygen atoms in total. The third kappa shape index (κ3) is 4.23. The van der Waals surface area contributed by atoms with Crippen molar-refractivity contribution in [3.05, 3.63) is 42.0 Å². The first-order valence-corrected chi connectivity index (χ1v) is 9.70. The first-order chi connectivity index (χ1) is 13.6. The van der Waals surface area contributed by atoms with Gasteiger partial charge in [0, 0.05) is 0 Å². The fourth-order valence-corrected chi connectivity index (χ4v) is 3.86. The van der Waals surface area contributed by atoms with Crippen molar-refractivity contribution in [1.82, 2.24) is 0 Å². The van der Waals surface area contributed by atoms with Crippen LogP contribution in [-0.2, 0) is 18.9 Å². The van der Waals surface area contributed by atoms with Gasteiger partial charge in [0.05, 0.1) is 6.61 Å². The molecule has 0 amide bonds. The lowest BCUT2D eigenvalue weighted by Gasteiger charge is -2.24. The molecule has 1 N–H and O–H groups in total. The maximum Gasteiger partial charge on any atom is 0.339 e. The highest BCUT2D eigenvalue weighted by Gasteiger charge is 2.50. The molecule has 29 heavy (non-hydrogen) atoms. The molecule has 0 aromatic heterocycles. The van der Waals surface area contributed by atoms with Gasteiger partial charge in [-0.3, -0.25) is 0 Å². The van der Waals surface area contributed by atoms with E-state index in [-0.39, 0.29) is 24.4 Å². The maximum absolute atomic E-state index is 11.7. The van der Waals surface area contributed by atoms with Gasteiger partial charge in [0.15, 0.2) is 11.6 Å². The van der Waals surface area contributed by atoms with Crippen LogP contribution in [-0.4, -0.2) is 54.2 Å². The minimum absolute atomic E-state index is 0.111. The summed E-state index contributed by atoms with van der Waals surface area (Å²) in [4.78, 5) is 11.7. The molecule has 2 aliphatic rings. The van der Waals surface area contributed by atoms with Crippen molar-refractivity contribution in [2.45, 2.75) is 57.6 Å². The first-order valence-electron chi connectivity index (χ1n) is 9.70. The maximum atomic E-state index is 11.7. The minimum Gasteiger partial charge on any atom is -0.490 e. The Labute approximate surface area is 169 Å². The number of carboxylic acids is 1. The molecule has 2 saturated heterocycles. The Hall–Kier alpha value is -2.19.